The molecule has 134 valence electrons. The number of rotatable bonds is 10. The number of nitrogens with one attached hydrogen (secondary N) is 1. The molecule has 0 bridgehead atoms. The van der Waals surface area contributed by atoms with Crippen LogP contribution in [-0.4, -0.2) is 62.0 Å². The van der Waals surface area contributed by atoms with Gasteiger partial charge in [0, 0.05) is 32.1 Å². The minimum Gasteiger partial charge on any atom is -0.494 e. The minimum atomic E-state index is -0.0991. The monoisotopic (exact) mass is 335 g/mol. The second-order valence-corrected chi connectivity index (χ2v) is 5.92. The molecule has 0 saturated carbocycles. The predicted molar refractivity (Wildman–Crippen MR) is 96.3 cm³/mol. The van der Waals surface area contributed by atoms with Crippen molar-refractivity contribution in [2.45, 2.75) is 26.7 Å². The normalized spacial score (nSPS) is 10.5. The molecule has 0 atom stereocenters. The Hall–Kier alpha value is -2.08. The Morgan fingerprint density at radius 2 is 1.75 bits per heavy atom. The second kappa shape index (κ2) is 10.6. The van der Waals surface area contributed by atoms with Gasteiger partial charge in [-0.25, -0.2) is 0 Å². The highest BCUT2D eigenvalue weighted by Gasteiger charge is 2.11. The van der Waals surface area contributed by atoms with Gasteiger partial charge in [-0.2, -0.15) is 0 Å². The molecule has 0 heterocycles. The van der Waals surface area contributed by atoms with Crippen LogP contribution in [0.5, 0.6) is 5.75 Å². The minimum absolute atomic E-state index is 0.00243. The summed E-state index contributed by atoms with van der Waals surface area (Å²) in [5, 5.41) is 2.84. The van der Waals surface area contributed by atoms with E-state index in [0.717, 1.165) is 24.4 Å². The van der Waals surface area contributed by atoms with Crippen molar-refractivity contribution in [1.82, 2.24) is 9.80 Å². The van der Waals surface area contributed by atoms with Crippen molar-refractivity contribution in [2.24, 2.45) is 0 Å². The summed E-state index contributed by atoms with van der Waals surface area (Å²) in [5.41, 5.74) is 0.727. The van der Waals surface area contributed by atoms with Crippen LogP contribution in [0.4, 0.5) is 5.69 Å². The van der Waals surface area contributed by atoms with Gasteiger partial charge in [-0.3, -0.25) is 9.59 Å². The molecule has 0 saturated heterocycles. The number of ether oxygens (including phenoxy) is 1. The molecule has 0 aromatic heterocycles. The first kappa shape index (κ1) is 20.0. The van der Waals surface area contributed by atoms with Gasteiger partial charge in [0.15, 0.2) is 0 Å². The van der Waals surface area contributed by atoms with Crippen LogP contribution in [0.3, 0.4) is 0 Å². The Morgan fingerprint density at radius 1 is 1.08 bits per heavy atom. The van der Waals surface area contributed by atoms with Crippen molar-refractivity contribution in [3.8, 4) is 5.75 Å². The largest absolute Gasteiger partial charge is 0.494 e. The van der Waals surface area contributed by atoms with Crippen molar-refractivity contribution >= 4 is 17.5 Å². The number of amides is 2. The molecule has 0 aliphatic carbocycles. The summed E-state index contributed by atoms with van der Waals surface area (Å²) < 4.78 is 5.37. The lowest BCUT2D eigenvalue weighted by Gasteiger charge is -2.21. The highest BCUT2D eigenvalue weighted by molar-refractivity contribution is 5.91. The number of benzene rings is 1. The van der Waals surface area contributed by atoms with E-state index in [1.54, 1.807) is 11.8 Å². The van der Waals surface area contributed by atoms with E-state index in [-0.39, 0.29) is 18.2 Å². The van der Waals surface area contributed by atoms with Crippen LogP contribution in [0.1, 0.15) is 26.7 Å². The number of hydrogen-bond acceptors (Lipinski definition) is 4. The number of nitrogens with zero attached hydrogens (tertiary/aromatic N) is 2. The van der Waals surface area contributed by atoms with Crippen LogP contribution in [-0.2, 0) is 9.59 Å². The molecule has 0 aliphatic heterocycles. The lowest BCUT2D eigenvalue weighted by Crippen LogP contribution is -2.34. The van der Waals surface area contributed by atoms with E-state index in [4.69, 9.17) is 4.74 Å². The Morgan fingerprint density at radius 3 is 2.29 bits per heavy atom. The molecule has 1 aromatic rings. The molecule has 0 fully saturated rings. The SMILES string of the molecule is CCOc1ccc(NC(=O)CCN(CCCN(C)C)C(C)=O)cc1. The number of carbonyl (C=O) groups is 2. The van der Waals surface area contributed by atoms with Crippen LogP contribution >= 0.6 is 0 Å². The third kappa shape index (κ3) is 7.97. The fourth-order valence-corrected chi connectivity index (χ4v) is 2.27. The summed E-state index contributed by atoms with van der Waals surface area (Å²) in [6.45, 7) is 6.10. The van der Waals surface area contributed by atoms with Crippen LogP contribution in [0, 0.1) is 0 Å². The van der Waals surface area contributed by atoms with Gasteiger partial charge in [-0.1, -0.05) is 0 Å². The van der Waals surface area contributed by atoms with Gasteiger partial charge in [0.1, 0.15) is 5.75 Å². The molecule has 1 aromatic carbocycles. The Labute approximate surface area is 144 Å². The molecule has 1 N–H and O–H groups in total. The van der Waals surface area contributed by atoms with Gasteiger partial charge in [0.05, 0.1) is 6.61 Å². The van der Waals surface area contributed by atoms with E-state index < -0.39 is 0 Å². The fourth-order valence-electron chi connectivity index (χ4n) is 2.27. The number of anilines is 1. The van der Waals surface area contributed by atoms with Gasteiger partial charge in [0.2, 0.25) is 11.8 Å². The molecule has 0 spiro atoms. The van der Waals surface area contributed by atoms with E-state index in [1.807, 2.05) is 45.3 Å². The Kier molecular flexibility index (Phi) is 8.86. The van der Waals surface area contributed by atoms with E-state index in [9.17, 15) is 9.59 Å². The van der Waals surface area contributed by atoms with E-state index in [1.165, 1.54) is 0 Å². The summed E-state index contributed by atoms with van der Waals surface area (Å²) >= 11 is 0. The van der Waals surface area contributed by atoms with Crippen LogP contribution < -0.4 is 10.1 Å². The lowest BCUT2D eigenvalue weighted by atomic mass is 10.2. The van der Waals surface area contributed by atoms with Crippen LogP contribution in [0.25, 0.3) is 0 Å². The summed E-state index contributed by atoms with van der Waals surface area (Å²) in [6, 6.07) is 7.26. The molecule has 0 unspecified atom stereocenters. The number of hydrogen-bond donors (Lipinski definition) is 1. The van der Waals surface area contributed by atoms with Crippen molar-refractivity contribution in [3.63, 3.8) is 0 Å². The molecule has 0 radical (unpaired) electrons. The van der Waals surface area contributed by atoms with Crippen LogP contribution in [0.15, 0.2) is 24.3 Å². The maximum Gasteiger partial charge on any atom is 0.226 e. The zero-order chi connectivity index (χ0) is 17.9. The average molecular weight is 335 g/mol. The first-order valence-electron chi connectivity index (χ1n) is 8.35. The molecule has 0 aliphatic rings. The summed E-state index contributed by atoms with van der Waals surface area (Å²) in [5.74, 6) is 0.680. The summed E-state index contributed by atoms with van der Waals surface area (Å²) in [7, 11) is 4.00. The molecule has 2 amide bonds. The first-order chi connectivity index (χ1) is 11.4. The van der Waals surface area contributed by atoms with Gasteiger partial charge >= 0.3 is 0 Å². The van der Waals surface area contributed by atoms with Crippen molar-refractivity contribution in [2.75, 3.05) is 45.7 Å². The molecule has 6 nitrogen and oxygen atoms in total. The molecular weight excluding hydrogens is 306 g/mol. The maximum absolute atomic E-state index is 12.0. The van der Waals surface area contributed by atoms with Crippen molar-refractivity contribution < 1.29 is 14.3 Å². The highest BCUT2D eigenvalue weighted by atomic mass is 16.5. The summed E-state index contributed by atoms with van der Waals surface area (Å²) in [6.07, 6.45) is 1.18. The molecule has 1 rings (SSSR count). The molecule has 24 heavy (non-hydrogen) atoms. The summed E-state index contributed by atoms with van der Waals surface area (Å²) in [4.78, 5) is 27.5. The first-order valence-corrected chi connectivity index (χ1v) is 8.35. The van der Waals surface area contributed by atoms with Gasteiger partial charge in [0.25, 0.3) is 0 Å². The lowest BCUT2D eigenvalue weighted by molar-refractivity contribution is -0.129. The second-order valence-electron chi connectivity index (χ2n) is 5.92. The zero-order valence-electron chi connectivity index (χ0n) is 15.2. The quantitative estimate of drug-likeness (QED) is 0.712. The van der Waals surface area contributed by atoms with E-state index in [2.05, 4.69) is 10.2 Å². The zero-order valence-corrected chi connectivity index (χ0v) is 15.2. The highest BCUT2D eigenvalue weighted by Crippen LogP contribution is 2.15. The van der Waals surface area contributed by atoms with E-state index in [0.29, 0.717) is 19.7 Å². The third-order valence-electron chi connectivity index (χ3n) is 3.54. The fraction of sp³-hybridized carbons (Fsp3) is 0.556. The Bertz CT molecular complexity index is 515. The maximum atomic E-state index is 12.0. The van der Waals surface area contributed by atoms with Gasteiger partial charge in [-0.05, 0) is 58.3 Å². The Balaban J connectivity index is 2.40. The smallest absolute Gasteiger partial charge is 0.226 e. The van der Waals surface area contributed by atoms with Gasteiger partial charge in [-0.15, -0.1) is 0 Å². The standard InChI is InChI=1S/C18H29N3O3/c1-5-24-17-9-7-16(8-10-17)19-18(23)11-14-21(15(2)22)13-6-12-20(3)4/h7-10H,5-6,11-14H2,1-4H3,(H,19,23). The average Bonchev–Trinajstić information content (AvgIpc) is 2.52. The predicted octanol–water partition coefficient (Wildman–Crippen LogP) is 2.21. The van der Waals surface area contributed by atoms with Gasteiger partial charge < -0.3 is 19.9 Å². The molecule has 6 heteroatoms. The van der Waals surface area contributed by atoms with Crippen LogP contribution in [0.2, 0.25) is 0 Å². The molecular formula is C18H29N3O3. The van der Waals surface area contributed by atoms with Crippen molar-refractivity contribution in [3.05, 3.63) is 24.3 Å². The number of carbonyl (C=O) groups excluding carboxylic acids is 2. The van der Waals surface area contributed by atoms with Crippen molar-refractivity contribution in [1.29, 1.82) is 0 Å². The van der Waals surface area contributed by atoms with E-state index >= 15 is 0 Å². The third-order valence-corrected chi connectivity index (χ3v) is 3.54. The topological polar surface area (TPSA) is 61.9 Å².